The zero-order valence-corrected chi connectivity index (χ0v) is 14.5. The van der Waals surface area contributed by atoms with Crippen molar-refractivity contribution in [3.8, 4) is 0 Å². The summed E-state index contributed by atoms with van der Waals surface area (Å²) in [5.74, 6) is 0.114. The molecule has 8 heteroatoms. The standard InChI is InChI=1S/C16H24N4O3.ClH/c21-15(3-5-18-16(22)14-2-1-11-23-14)20-8-4-13(12-20)19-9-6-17-7-10-19;/h1-2,11,13,17H,3-10,12H2,(H,18,22);1H. The molecule has 1 aromatic heterocycles. The van der Waals surface area contributed by atoms with Gasteiger partial charge in [-0.05, 0) is 18.6 Å². The summed E-state index contributed by atoms with van der Waals surface area (Å²) in [6, 6.07) is 3.76. The molecular formula is C16H25ClN4O3. The topological polar surface area (TPSA) is 77.8 Å². The molecule has 1 unspecified atom stereocenters. The fourth-order valence-electron chi connectivity index (χ4n) is 3.25. The smallest absolute Gasteiger partial charge is 0.286 e. The van der Waals surface area contributed by atoms with Gasteiger partial charge in [-0.1, -0.05) is 0 Å². The number of hydrogen-bond acceptors (Lipinski definition) is 5. The number of carbonyl (C=O) groups is 2. The van der Waals surface area contributed by atoms with Crippen LogP contribution in [0.4, 0.5) is 0 Å². The quantitative estimate of drug-likeness (QED) is 0.795. The first-order valence-electron chi connectivity index (χ1n) is 8.28. The van der Waals surface area contributed by atoms with E-state index in [2.05, 4.69) is 15.5 Å². The molecule has 0 spiro atoms. The van der Waals surface area contributed by atoms with Crippen LogP contribution in [0, 0.1) is 0 Å². The number of amides is 2. The molecule has 0 bridgehead atoms. The number of likely N-dealkylation sites (tertiary alicyclic amines) is 1. The Bertz CT molecular complexity index is 531. The van der Waals surface area contributed by atoms with E-state index in [1.54, 1.807) is 12.1 Å². The fourth-order valence-corrected chi connectivity index (χ4v) is 3.25. The van der Waals surface area contributed by atoms with E-state index in [0.717, 1.165) is 45.7 Å². The maximum Gasteiger partial charge on any atom is 0.286 e. The lowest BCUT2D eigenvalue weighted by Crippen LogP contribution is -2.49. The number of halogens is 1. The Labute approximate surface area is 148 Å². The van der Waals surface area contributed by atoms with Gasteiger partial charge < -0.3 is 20.0 Å². The lowest BCUT2D eigenvalue weighted by Gasteiger charge is -2.32. The third kappa shape index (κ3) is 4.72. The van der Waals surface area contributed by atoms with Gasteiger partial charge in [0.1, 0.15) is 0 Å². The Kier molecular flexibility index (Phi) is 7.08. The van der Waals surface area contributed by atoms with Crippen LogP contribution in [0.25, 0.3) is 0 Å². The number of furan rings is 1. The number of nitrogens with zero attached hydrogens (tertiary/aromatic N) is 2. The molecule has 0 saturated carbocycles. The molecule has 134 valence electrons. The second-order valence-electron chi connectivity index (χ2n) is 6.05. The summed E-state index contributed by atoms with van der Waals surface area (Å²) >= 11 is 0. The number of nitrogens with one attached hydrogen (secondary N) is 2. The maximum atomic E-state index is 12.3. The van der Waals surface area contributed by atoms with Gasteiger partial charge in [-0.15, -0.1) is 12.4 Å². The molecule has 24 heavy (non-hydrogen) atoms. The van der Waals surface area contributed by atoms with Gasteiger partial charge in [0.25, 0.3) is 5.91 Å². The van der Waals surface area contributed by atoms with Crippen molar-refractivity contribution < 1.29 is 14.0 Å². The van der Waals surface area contributed by atoms with Crippen LogP contribution >= 0.6 is 12.4 Å². The molecule has 2 saturated heterocycles. The van der Waals surface area contributed by atoms with Crippen LogP contribution in [0.2, 0.25) is 0 Å². The second kappa shape index (κ2) is 9.05. The lowest BCUT2D eigenvalue weighted by molar-refractivity contribution is -0.130. The van der Waals surface area contributed by atoms with Crippen molar-refractivity contribution in [3.05, 3.63) is 24.2 Å². The average Bonchev–Trinajstić information content (AvgIpc) is 3.27. The summed E-state index contributed by atoms with van der Waals surface area (Å²) in [4.78, 5) is 28.4. The Hall–Kier alpha value is -1.57. The highest BCUT2D eigenvalue weighted by atomic mass is 35.5. The summed E-state index contributed by atoms with van der Waals surface area (Å²) in [7, 11) is 0. The third-order valence-corrected chi connectivity index (χ3v) is 4.55. The van der Waals surface area contributed by atoms with Crippen LogP contribution in [-0.4, -0.2) is 73.5 Å². The second-order valence-corrected chi connectivity index (χ2v) is 6.05. The number of piperazine rings is 1. The van der Waals surface area contributed by atoms with Gasteiger partial charge in [0.2, 0.25) is 5.91 Å². The van der Waals surface area contributed by atoms with Gasteiger partial charge in [0, 0.05) is 58.3 Å². The molecule has 1 atom stereocenters. The average molecular weight is 357 g/mol. The molecule has 7 nitrogen and oxygen atoms in total. The molecule has 3 rings (SSSR count). The third-order valence-electron chi connectivity index (χ3n) is 4.55. The Balaban J connectivity index is 0.00000208. The molecule has 2 aliphatic rings. The Morgan fingerprint density at radius 2 is 2.08 bits per heavy atom. The molecule has 0 aliphatic carbocycles. The lowest BCUT2D eigenvalue weighted by atomic mass is 10.2. The molecule has 0 aromatic carbocycles. The molecule has 3 heterocycles. The van der Waals surface area contributed by atoms with E-state index < -0.39 is 0 Å². The molecule has 0 radical (unpaired) electrons. The molecule has 1 aromatic rings. The van der Waals surface area contributed by atoms with Gasteiger partial charge in [0.15, 0.2) is 5.76 Å². The van der Waals surface area contributed by atoms with Crippen molar-refractivity contribution in [1.82, 2.24) is 20.4 Å². The number of rotatable bonds is 5. The predicted octanol–water partition coefficient (Wildman–Crippen LogP) is 0.327. The summed E-state index contributed by atoms with van der Waals surface area (Å²) < 4.78 is 5.02. The van der Waals surface area contributed by atoms with E-state index in [1.807, 2.05) is 4.90 Å². The fraction of sp³-hybridized carbons (Fsp3) is 0.625. The summed E-state index contributed by atoms with van der Waals surface area (Å²) in [6.45, 7) is 6.15. The van der Waals surface area contributed by atoms with Crippen molar-refractivity contribution in [2.24, 2.45) is 0 Å². The van der Waals surface area contributed by atoms with Crippen LogP contribution in [0.5, 0.6) is 0 Å². The minimum atomic E-state index is -0.275. The Morgan fingerprint density at radius 1 is 1.29 bits per heavy atom. The molecule has 2 amide bonds. The summed E-state index contributed by atoms with van der Waals surface area (Å²) in [5, 5.41) is 6.07. The van der Waals surface area contributed by atoms with Crippen LogP contribution in [0.15, 0.2) is 22.8 Å². The van der Waals surface area contributed by atoms with Crippen molar-refractivity contribution in [1.29, 1.82) is 0 Å². The number of carbonyl (C=O) groups excluding carboxylic acids is 2. The molecule has 2 fully saturated rings. The van der Waals surface area contributed by atoms with Gasteiger partial charge in [-0.3, -0.25) is 14.5 Å². The monoisotopic (exact) mass is 356 g/mol. The van der Waals surface area contributed by atoms with Crippen LogP contribution < -0.4 is 10.6 Å². The normalized spacial score (nSPS) is 21.3. The van der Waals surface area contributed by atoms with E-state index in [9.17, 15) is 9.59 Å². The summed E-state index contributed by atoms with van der Waals surface area (Å²) in [5.41, 5.74) is 0. The largest absolute Gasteiger partial charge is 0.459 e. The zero-order chi connectivity index (χ0) is 16.1. The first-order chi connectivity index (χ1) is 11.2. The molecule has 2 aliphatic heterocycles. The zero-order valence-electron chi connectivity index (χ0n) is 13.7. The highest BCUT2D eigenvalue weighted by Crippen LogP contribution is 2.16. The Morgan fingerprint density at radius 3 is 2.79 bits per heavy atom. The van der Waals surface area contributed by atoms with E-state index in [-0.39, 0.29) is 30.0 Å². The highest BCUT2D eigenvalue weighted by Gasteiger charge is 2.30. The van der Waals surface area contributed by atoms with Crippen molar-refractivity contribution in [3.63, 3.8) is 0 Å². The minimum Gasteiger partial charge on any atom is -0.459 e. The van der Waals surface area contributed by atoms with Crippen molar-refractivity contribution in [2.75, 3.05) is 45.8 Å². The molecule has 2 N–H and O–H groups in total. The van der Waals surface area contributed by atoms with Gasteiger partial charge in [0.05, 0.1) is 6.26 Å². The van der Waals surface area contributed by atoms with Crippen LogP contribution in [0.1, 0.15) is 23.4 Å². The number of hydrogen-bond donors (Lipinski definition) is 2. The van der Waals surface area contributed by atoms with Crippen LogP contribution in [-0.2, 0) is 4.79 Å². The maximum absolute atomic E-state index is 12.3. The SMILES string of the molecule is Cl.O=C(NCCC(=O)N1CCC(N2CCNCC2)C1)c1ccco1. The minimum absolute atomic E-state index is 0. The van der Waals surface area contributed by atoms with Crippen molar-refractivity contribution in [2.45, 2.75) is 18.9 Å². The molecular weight excluding hydrogens is 332 g/mol. The van der Waals surface area contributed by atoms with Crippen molar-refractivity contribution >= 4 is 24.2 Å². The predicted molar refractivity (Wildman–Crippen MR) is 92.3 cm³/mol. The van der Waals surface area contributed by atoms with Gasteiger partial charge in [-0.25, -0.2) is 0 Å². The van der Waals surface area contributed by atoms with E-state index >= 15 is 0 Å². The van der Waals surface area contributed by atoms with E-state index in [4.69, 9.17) is 4.42 Å². The van der Waals surface area contributed by atoms with E-state index in [1.165, 1.54) is 6.26 Å². The first-order valence-corrected chi connectivity index (χ1v) is 8.28. The summed E-state index contributed by atoms with van der Waals surface area (Å²) in [6.07, 6.45) is 2.84. The highest BCUT2D eigenvalue weighted by molar-refractivity contribution is 5.91. The van der Waals surface area contributed by atoms with Gasteiger partial charge in [-0.2, -0.15) is 0 Å². The van der Waals surface area contributed by atoms with Gasteiger partial charge >= 0.3 is 0 Å². The van der Waals surface area contributed by atoms with E-state index in [0.29, 0.717) is 19.0 Å². The van der Waals surface area contributed by atoms with Crippen LogP contribution in [0.3, 0.4) is 0 Å². The first kappa shape index (κ1) is 18.8.